The molecule has 0 bridgehead atoms. The van der Waals surface area contributed by atoms with Gasteiger partial charge in [-0.15, -0.1) is 0 Å². The zero-order chi connectivity index (χ0) is 14.4. The fraction of sp³-hybridized carbons (Fsp3) is 0.688. The van der Waals surface area contributed by atoms with Gasteiger partial charge in [-0.2, -0.15) is 0 Å². The van der Waals surface area contributed by atoms with E-state index < -0.39 is 0 Å². The molecule has 112 valence electrons. The average molecular weight is 279 g/mol. The lowest BCUT2D eigenvalue weighted by Gasteiger charge is -2.26. The Morgan fingerprint density at radius 1 is 1.35 bits per heavy atom. The van der Waals surface area contributed by atoms with Crippen molar-refractivity contribution in [2.45, 2.75) is 58.5 Å². The highest BCUT2D eigenvalue weighted by atomic mass is 19.1. The monoisotopic (exact) mass is 279 g/mol. The summed E-state index contributed by atoms with van der Waals surface area (Å²) in [7, 11) is 0. The van der Waals surface area contributed by atoms with Gasteiger partial charge in [-0.05, 0) is 38.3 Å². The predicted octanol–water partition coefficient (Wildman–Crippen LogP) is 3.49. The van der Waals surface area contributed by atoms with E-state index in [1.54, 1.807) is 6.07 Å². The van der Waals surface area contributed by atoms with E-state index >= 15 is 0 Å². The van der Waals surface area contributed by atoms with Gasteiger partial charge in [0.15, 0.2) is 0 Å². The zero-order valence-electron chi connectivity index (χ0n) is 12.7. The molecule has 1 fully saturated rings. The fourth-order valence-corrected chi connectivity index (χ4v) is 2.44. The maximum Gasteiger partial charge on any atom is 0.141 e. The summed E-state index contributed by atoms with van der Waals surface area (Å²) in [6, 6.07) is 2.25. The van der Waals surface area contributed by atoms with Crippen LogP contribution in [-0.2, 0) is 6.54 Å². The molecule has 0 aliphatic heterocycles. The average Bonchev–Trinajstić information content (AvgIpc) is 3.26. The number of hydrogen-bond acceptors (Lipinski definition) is 3. The quantitative estimate of drug-likeness (QED) is 0.701. The Hall–Kier alpha value is -1.16. The molecule has 20 heavy (non-hydrogen) atoms. The Labute approximate surface area is 121 Å². The molecule has 3 nitrogen and oxygen atoms in total. The van der Waals surface area contributed by atoms with E-state index in [0.717, 1.165) is 37.3 Å². The molecule has 1 aliphatic rings. The van der Waals surface area contributed by atoms with Crippen molar-refractivity contribution in [3.8, 4) is 0 Å². The lowest BCUT2D eigenvalue weighted by molar-refractivity contribution is 0.607. The van der Waals surface area contributed by atoms with Crippen LogP contribution in [0.3, 0.4) is 0 Å². The molecule has 0 unspecified atom stereocenters. The number of nitrogens with one attached hydrogen (secondary N) is 1. The first kappa shape index (κ1) is 15.2. The summed E-state index contributed by atoms with van der Waals surface area (Å²) in [6.07, 6.45) is 7.25. The third kappa shape index (κ3) is 4.17. The minimum Gasteiger partial charge on any atom is -0.353 e. The van der Waals surface area contributed by atoms with Crippen molar-refractivity contribution < 1.29 is 4.39 Å². The smallest absolute Gasteiger partial charge is 0.141 e. The number of halogens is 1. The molecule has 0 atom stereocenters. The van der Waals surface area contributed by atoms with Crippen molar-refractivity contribution >= 4 is 5.82 Å². The molecule has 1 heterocycles. The third-order valence-electron chi connectivity index (χ3n) is 3.66. The Morgan fingerprint density at radius 2 is 2.15 bits per heavy atom. The molecular weight excluding hydrogens is 253 g/mol. The summed E-state index contributed by atoms with van der Waals surface area (Å²) in [4.78, 5) is 6.76. The Bertz CT molecular complexity index is 418. The second-order valence-electron chi connectivity index (χ2n) is 5.59. The molecule has 0 amide bonds. The van der Waals surface area contributed by atoms with E-state index in [1.165, 1.54) is 25.5 Å². The number of aromatic nitrogens is 1. The van der Waals surface area contributed by atoms with Crippen LogP contribution in [0.4, 0.5) is 10.2 Å². The van der Waals surface area contributed by atoms with E-state index in [1.807, 2.05) is 0 Å². The number of anilines is 1. The summed E-state index contributed by atoms with van der Waals surface area (Å²) in [5.41, 5.74) is 0.987. The van der Waals surface area contributed by atoms with Gasteiger partial charge in [0.05, 0.1) is 6.20 Å². The van der Waals surface area contributed by atoms with Crippen LogP contribution in [0.5, 0.6) is 0 Å². The SMILES string of the molecule is CCCCN(c1ncc(F)cc1CNCCC)C1CC1. The standard InChI is InChI=1S/C16H26FN3/c1-3-5-9-20(15-6-7-15)16-13(11-18-8-4-2)10-14(17)12-19-16/h10,12,15,18H,3-9,11H2,1-2H3. The van der Waals surface area contributed by atoms with Crippen LogP contribution in [0.1, 0.15) is 51.5 Å². The van der Waals surface area contributed by atoms with E-state index in [2.05, 4.69) is 29.0 Å². The number of pyridine rings is 1. The first-order chi connectivity index (χ1) is 9.76. The molecule has 1 N–H and O–H groups in total. The van der Waals surface area contributed by atoms with Crippen LogP contribution >= 0.6 is 0 Å². The largest absolute Gasteiger partial charge is 0.353 e. The molecular formula is C16H26FN3. The maximum absolute atomic E-state index is 13.5. The normalized spacial score (nSPS) is 14.6. The minimum atomic E-state index is -0.242. The van der Waals surface area contributed by atoms with Gasteiger partial charge in [0, 0.05) is 24.7 Å². The summed E-state index contributed by atoms with van der Waals surface area (Å²) in [5, 5.41) is 3.36. The van der Waals surface area contributed by atoms with E-state index in [-0.39, 0.29) is 5.82 Å². The molecule has 0 radical (unpaired) electrons. The first-order valence-electron chi connectivity index (χ1n) is 7.88. The van der Waals surface area contributed by atoms with Crippen molar-refractivity contribution in [3.63, 3.8) is 0 Å². The Kier molecular flexibility index (Phi) is 5.77. The number of rotatable bonds is 9. The Morgan fingerprint density at radius 3 is 2.80 bits per heavy atom. The van der Waals surface area contributed by atoms with Crippen molar-refractivity contribution in [1.82, 2.24) is 10.3 Å². The molecule has 2 rings (SSSR count). The summed E-state index contributed by atoms with van der Waals surface area (Å²) in [6.45, 7) is 7.01. The molecule has 1 aromatic heterocycles. The number of unbranched alkanes of at least 4 members (excludes halogenated alkanes) is 1. The van der Waals surface area contributed by atoms with Crippen LogP contribution in [0.2, 0.25) is 0 Å². The minimum absolute atomic E-state index is 0.242. The van der Waals surface area contributed by atoms with Gasteiger partial charge < -0.3 is 10.2 Å². The van der Waals surface area contributed by atoms with Gasteiger partial charge in [-0.25, -0.2) is 9.37 Å². The molecule has 0 spiro atoms. The van der Waals surface area contributed by atoms with Gasteiger partial charge in [-0.1, -0.05) is 20.3 Å². The molecule has 0 aromatic carbocycles. The maximum atomic E-state index is 13.5. The van der Waals surface area contributed by atoms with Crippen LogP contribution < -0.4 is 10.2 Å². The van der Waals surface area contributed by atoms with Crippen LogP contribution in [-0.4, -0.2) is 24.1 Å². The van der Waals surface area contributed by atoms with Crippen LogP contribution in [0.25, 0.3) is 0 Å². The highest BCUT2D eigenvalue weighted by Crippen LogP contribution is 2.32. The van der Waals surface area contributed by atoms with Gasteiger partial charge in [0.2, 0.25) is 0 Å². The van der Waals surface area contributed by atoms with Crippen molar-refractivity contribution in [1.29, 1.82) is 0 Å². The van der Waals surface area contributed by atoms with Crippen molar-refractivity contribution in [3.05, 3.63) is 23.6 Å². The lowest BCUT2D eigenvalue weighted by Crippen LogP contribution is -2.30. The van der Waals surface area contributed by atoms with E-state index in [9.17, 15) is 4.39 Å². The highest BCUT2D eigenvalue weighted by Gasteiger charge is 2.30. The van der Waals surface area contributed by atoms with Gasteiger partial charge in [0.25, 0.3) is 0 Å². The van der Waals surface area contributed by atoms with E-state index in [0.29, 0.717) is 12.6 Å². The van der Waals surface area contributed by atoms with Gasteiger partial charge in [0.1, 0.15) is 11.6 Å². The topological polar surface area (TPSA) is 28.2 Å². The van der Waals surface area contributed by atoms with Crippen LogP contribution in [0.15, 0.2) is 12.3 Å². The number of nitrogens with zero attached hydrogens (tertiary/aromatic N) is 2. The third-order valence-corrected chi connectivity index (χ3v) is 3.66. The number of hydrogen-bond donors (Lipinski definition) is 1. The van der Waals surface area contributed by atoms with Gasteiger partial charge in [-0.3, -0.25) is 0 Å². The molecule has 1 aromatic rings. The summed E-state index contributed by atoms with van der Waals surface area (Å²) >= 11 is 0. The van der Waals surface area contributed by atoms with Crippen LogP contribution in [0, 0.1) is 5.82 Å². The molecule has 1 saturated carbocycles. The second-order valence-corrected chi connectivity index (χ2v) is 5.59. The lowest BCUT2D eigenvalue weighted by atomic mass is 10.2. The van der Waals surface area contributed by atoms with Crippen molar-refractivity contribution in [2.24, 2.45) is 0 Å². The first-order valence-corrected chi connectivity index (χ1v) is 7.88. The highest BCUT2D eigenvalue weighted by molar-refractivity contribution is 5.49. The molecule has 1 aliphatic carbocycles. The molecule has 4 heteroatoms. The Balaban J connectivity index is 2.14. The molecule has 0 saturated heterocycles. The van der Waals surface area contributed by atoms with Gasteiger partial charge >= 0.3 is 0 Å². The second kappa shape index (κ2) is 7.58. The fourth-order valence-electron chi connectivity index (χ4n) is 2.44. The zero-order valence-corrected chi connectivity index (χ0v) is 12.7. The van der Waals surface area contributed by atoms with E-state index in [4.69, 9.17) is 0 Å². The summed E-state index contributed by atoms with van der Waals surface area (Å²) in [5.74, 6) is 0.735. The summed E-state index contributed by atoms with van der Waals surface area (Å²) < 4.78 is 13.5. The predicted molar refractivity (Wildman–Crippen MR) is 81.5 cm³/mol. The van der Waals surface area contributed by atoms with Crippen molar-refractivity contribution in [2.75, 3.05) is 18.0 Å².